The summed E-state index contributed by atoms with van der Waals surface area (Å²) in [5, 5.41) is 0. The summed E-state index contributed by atoms with van der Waals surface area (Å²) in [5.41, 5.74) is 0. The van der Waals surface area contributed by atoms with Crippen molar-refractivity contribution in [2.75, 3.05) is 0 Å². The Labute approximate surface area is 62.9 Å². The van der Waals surface area contributed by atoms with Gasteiger partial charge in [0.25, 0.3) is 0 Å². The molecule has 0 heteroatoms. The lowest BCUT2D eigenvalue weighted by molar-refractivity contribution is 0.998. The van der Waals surface area contributed by atoms with Crippen LogP contribution in [0.25, 0.3) is 0 Å². The molecule has 1 aliphatic rings. The van der Waals surface area contributed by atoms with Crippen molar-refractivity contribution in [3.8, 4) is 0 Å². The Balaban J connectivity index is 2.38. The van der Waals surface area contributed by atoms with Gasteiger partial charge >= 0.3 is 0 Å². The first-order chi connectivity index (χ1) is 5.00. The first-order valence-corrected chi connectivity index (χ1v) is 3.97. The van der Waals surface area contributed by atoms with Gasteiger partial charge in [0.2, 0.25) is 0 Å². The summed E-state index contributed by atoms with van der Waals surface area (Å²) in [4.78, 5) is 0. The van der Waals surface area contributed by atoms with E-state index in [9.17, 15) is 0 Å². The van der Waals surface area contributed by atoms with Crippen molar-refractivity contribution >= 4 is 0 Å². The van der Waals surface area contributed by atoms with Gasteiger partial charge in [0.15, 0.2) is 0 Å². The third-order valence-electron chi connectivity index (χ3n) is 1.55. The summed E-state index contributed by atoms with van der Waals surface area (Å²) >= 11 is 0. The lowest BCUT2D eigenvalue weighted by Crippen LogP contribution is -1.69. The first kappa shape index (κ1) is 7.33. The third kappa shape index (κ3) is 3.29. The van der Waals surface area contributed by atoms with Crippen LogP contribution in [0.5, 0.6) is 0 Å². The lowest BCUT2D eigenvalue weighted by atomic mass is 10.2. The van der Waals surface area contributed by atoms with Crippen LogP contribution >= 0.6 is 0 Å². The van der Waals surface area contributed by atoms with Crippen LogP contribution in [0.2, 0.25) is 0 Å². The molecule has 0 aromatic carbocycles. The van der Waals surface area contributed by atoms with E-state index < -0.39 is 0 Å². The van der Waals surface area contributed by atoms with Crippen LogP contribution in [-0.4, -0.2) is 0 Å². The highest BCUT2D eigenvalue weighted by atomic mass is 13.9. The summed E-state index contributed by atoms with van der Waals surface area (Å²) in [6, 6.07) is 0. The Morgan fingerprint density at radius 1 is 0.500 bits per heavy atom. The predicted octanol–water partition coefficient (Wildman–Crippen LogP) is 3.23. The molecule has 0 saturated heterocycles. The summed E-state index contributed by atoms with van der Waals surface area (Å²) in [5.74, 6) is 0. The van der Waals surface area contributed by atoms with Crippen molar-refractivity contribution < 1.29 is 0 Å². The van der Waals surface area contributed by atoms with E-state index in [2.05, 4.69) is 36.5 Å². The maximum Gasteiger partial charge on any atom is -0.0313 e. The van der Waals surface area contributed by atoms with E-state index in [0.29, 0.717) is 0 Å². The fourth-order valence-corrected chi connectivity index (χ4v) is 0.970. The van der Waals surface area contributed by atoms with E-state index in [0.717, 1.165) is 0 Å². The molecule has 0 heterocycles. The average molecular weight is 134 g/mol. The maximum absolute atomic E-state index is 2.27. The second kappa shape index (κ2) is 5.04. The smallest absolute Gasteiger partial charge is 0.0313 e. The molecule has 0 N–H and O–H groups in total. The van der Waals surface area contributed by atoms with E-state index in [1.165, 1.54) is 25.7 Å². The van der Waals surface area contributed by atoms with E-state index in [1.54, 1.807) is 0 Å². The number of hydrogen-bond acceptors (Lipinski definition) is 0. The standard InChI is InChI=1S/C10H14/c1-2-4-6-8-10-9-7-5-3-1/h1-4,9-10H,5-8H2/b3-1-,4-2+,10-9+. The normalized spacial score (nSPS) is 28.8. The van der Waals surface area contributed by atoms with Crippen molar-refractivity contribution in [1.82, 2.24) is 0 Å². The molecule has 0 spiro atoms. The summed E-state index contributed by atoms with van der Waals surface area (Å²) in [6.45, 7) is 0. The fourth-order valence-electron chi connectivity index (χ4n) is 0.970. The molecule has 0 saturated carbocycles. The van der Waals surface area contributed by atoms with Crippen molar-refractivity contribution in [2.24, 2.45) is 0 Å². The van der Waals surface area contributed by atoms with E-state index in [1.807, 2.05) is 0 Å². The molecular weight excluding hydrogens is 120 g/mol. The number of hydrogen-bond donors (Lipinski definition) is 0. The van der Waals surface area contributed by atoms with Gasteiger partial charge in [-0.3, -0.25) is 0 Å². The first-order valence-electron chi connectivity index (χ1n) is 3.97. The van der Waals surface area contributed by atoms with Crippen molar-refractivity contribution in [2.45, 2.75) is 25.7 Å². The second-order valence-electron chi connectivity index (χ2n) is 2.48. The maximum atomic E-state index is 2.27. The van der Waals surface area contributed by atoms with Gasteiger partial charge in [-0.25, -0.2) is 0 Å². The highest BCUT2D eigenvalue weighted by Gasteiger charge is 1.79. The van der Waals surface area contributed by atoms with Gasteiger partial charge in [-0.2, -0.15) is 0 Å². The van der Waals surface area contributed by atoms with Gasteiger partial charge in [-0.15, -0.1) is 0 Å². The Morgan fingerprint density at radius 2 is 0.900 bits per heavy atom. The Kier molecular flexibility index (Phi) is 3.69. The van der Waals surface area contributed by atoms with Crippen LogP contribution < -0.4 is 0 Å². The number of rotatable bonds is 0. The van der Waals surface area contributed by atoms with Gasteiger partial charge in [0.05, 0.1) is 0 Å². The predicted molar refractivity (Wildman–Crippen MR) is 45.9 cm³/mol. The van der Waals surface area contributed by atoms with Gasteiger partial charge < -0.3 is 0 Å². The van der Waals surface area contributed by atoms with Crippen LogP contribution in [0, 0.1) is 0 Å². The molecule has 0 aliphatic heterocycles. The van der Waals surface area contributed by atoms with Gasteiger partial charge in [-0.1, -0.05) is 36.5 Å². The number of allylic oxidation sites excluding steroid dienone is 6. The SMILES string of the molecule is C1=C\CC/C=C/CC/C=C/1. The third-order valence-corrected chi connectivity index (χ3v) is 1.55. The zero-order valence-corrected chi connectivity index (χ0v) is 6.29. The minimum atomic E-state index is 1.18. The quantitative estimate of drug-likeness (QED) is 0.446. The molecule has 0 bridgehead atoms. The molecule has 1 rings (SSSR count). The van der Waals surface area contributed by atoms with Crippen LogP contribution in [0.3, 0.4) is 0 Å². The minimum absolute atomic E-state index is 1.18. The van der Waals surface area contributed by atoms with Crippen LogP contribution in [0.4, 0.5) is 0 Å². The molecule has 10 heavy (non-hydrogen) atoms. The Hall–Kier alpha value is -0.780. The molecule has 0 amide bonds. The molecule has 0 radical (unpaired) electrons. The molecule has 0 aromatic heterocycles. The average Bonchev–Trinajstić information content (AvgIpc) is 2.01. The molecule has 1 aliphatic carbocycles. The van der Waals surface area contributed by atoms with Gasteiger partial charge in [-0.05, 0) is 25.7 Å². The monoisotopic (exact) mass is 134 g/mol. The van der Waals surface area contributed by atoms with E-state index in [-0.39, 0.29) is 0 Å². The Morgan fingerprint density at radius 3 is 1.40 bits per heavy atom. The van der Waals surface area contributed by atoms with E-state index >= 15 is 0 Å². The van der Waals surface area contributed by atoms with Crippen LogP contribution in [0.15, 0.2) is 36.5 Å². The molecule has 0 atom stereocenters. The summed E-state index contributed by atoms with van der Waals surface area (Å²) in [6.07, 6.45) is 18.0. The topological polar surface area (TPSA) is 0 Å². The summed E-state index contributed by atoms with van der Waals surface area (Å²) < 4.78 is 0. The largest absolute Gasteiger partial charge is 0.0882 e. The molecule has 0 nitrogen and oxygen atoms in total. The highest BCUT2D eigenvalue weighted by Crippen LogP contribution is 2.00. The van der Waals surface area contributed by atoms with E-state index in [4.69, 9.17) is 0 Å². The lowest BCUT2D eigenvalue weighted by Gasteiger charge is -1.90. The van der Waals surface area contributed by atoms with Crippen LogP contribution in [0.1, 0.15) is 25.7 Å². The molecule has 54 valence electrons. The van der Waals surface area contributed by atoms with Gasteiger partial charge in [0.1, 0.15) is 0 Å². The molecule has 0 fully saturated rings. The molecule has 0 unspecified atom stereocenters. The highest BCUT2D eigenvalue weighted by molar-refractivity contribution is 5.04. The molecule has 0 aromatic rings. The summed E-state index contributed by atoms with van der Waals surface area (Å²) in [7, 11) is 0. The fraction of sp³-hybridized carbons (Fsp3) is 0.400. The van der Waals surface area contributed by atoms with Crippen molar-refractivity contribution in [3.05, 3.63) is 36.5 Å². The van der Waals surface area contributed by atoms with Crippen LogP contribution in [-0.2, 0) is 0 Å². The van der Waals surface area contributed by atoms with Crippen molar-refractivity contribution in [3.63, 3.8) is 0 Å². The Bertz CT molecular complexity index is 131. The molecular formula is C10H14. The van der Waals surface area contributed by atoms with Crippen molar-refractivity contribution in [1.29, 1.82) is 0 Å². The zero-order chi connectivity index (χ0) is 7.07. The zero-order valence-electron chi connectivity index (χ0n) is 6.29. The second-order valence-corrected chi connectivity index (χ2v) is 2.48. The minimum Gasteiger partial charge on any atom is -0.0882 e. The van der Waals surface area contributed by atoms with Gasteiger partial charge in [0, 0.05) is 0 Å².